The van der Waals surface area contributed by atoms with E-state index in [4.69, 9.17) is 5.73 Å². The van der Waals surface area contributed by atoms with Gasteiger partial charge in [-0.05, 0) is 0 Å². The lowest BCUT2D eigenvalue weighted by atomic mass is 10.4. The van der Waals surface area contributed by atoms with Gasteiger partial charge >= 0.3 is 0 Å². The van der Waals surface area contributed by atoms with Crippen LogP contribution in [-0.2, 0) is 0 Å². The lowest BCUT2D eigenvalue weighted by Crippen LogP contribution is -2.37. The number of rotatable bonds is 1. The molecule has 1 atom stereocenters. The van der Waals surface area contributed by atoms with E-state index >= 15 is 0 Å². The van der Waals surface area contributed by atoms with Crippen molar-refractivity contribution in [3.63, 3.8) is 0 Å². The van der Waals surface area contributed by atoms with Crippen molar-refractivity contribution in [3.05, 3.63) is 12.4 Å². The van der Waals surface area contributed by atoms with Crippen molar-refractivity contribution in [3.8, 4) is 0 Å². The van der Waals surface area contributed by atoms with Gasteiger partial charge in [0, 0.05) is 24.1 Å². The molecule has 1 aliphatic rings. The molecule has 2 N–H and O–H groups in total. The van der Waals surface area contributed by atoms with Gasteiger partial charge in [0.2, 0.25) is 0 Å². The molecule has 1 unspecified atom stereocenters. The molecule has 0 radical (unpaired) electrons. The van der Waals surface area contributed by atoms with Gasteiger partial charge in [0.1, 0.15) is 11.6 Å². The number of nitrogen functional groups attached to an aromatic ring is 1. The fourth-order valence-electron chi connectivity index (χ4n) is 1.55. The van der Waals surface area contributed by atoms with Crippen molar-refractivity contribution in [1.29, 1.82) is 0 Å². The fraction of sp³-hybridized carbons (Fsp3) is 0.556. The number of anilines is 2. The summed E-state index contributed by atoms with van der Waals surface area (Å²) in [6.45, 7) is 4.30. The second-order valence-corrected chi connectivity index (χ2v) is 4.98. The standard InChI is InChI=1S/C9H14N4S/c1-7-6-13(2-3-14-7)9-5-11-4-8(10)12-9/h4-5,7H,2-3,6H2,1H3,(H2,10,12). The smallest absolute Gasteiger partial charge is 0.149 e. The largest absolute Gasteiger partial charge is 0.382 e. The number of aromatic nitrogens is 2. The van der Waals surface area contributed by atoms with Gasteiger partial charge in [0.05, 0.1) is 12.4 Å². The van der Waals surface area contributed by atoms with Crippen LogP contribution in [0.2, 0.25) is 0 Å². The van der Waals surface area contributed by atoms with Crippen molar-refractivity contribution < 1.29 is 0 Å². The van der Waals surface area contributed by atoms with Crippen molar-refractivity contribution >= 4 is 23.4 Å². The molecule has 0 aliphatic carbocycles. The zero-order chi connectivity index (χ0) is 9.97. The lowest BCUT2D eigenvalue weighted by molar-refractivity contribution is 0.768. The first-order valence-electron chi connectivity index (χ1n) is 4.70. The Labute approximate surface area is 87.9 Å². The monoisotopic (exact) mass is 210 g/mol. The Bertz CT molecular complexity index is 317. The van der Waals surface area contributed by atoms with Crippen LogP contribution in [-0.4, -0.2) is 34.1 Å². The van der Waals surface area contributed by atoms with Crippen LogP contribution >= 0.6 is 11.8 Å². The van der Waals surface area contributed by atoms with Crippen LogP contribution < -0.4 is 10.6 Å². The number of thioether (sulfide) groups is 1. The molecule has 0 amide bonds. The minimum absolute atomic E-state index is 0.494. The molecule has 1 aliphatic heterocycles. The zero-order valence-electron chi connectivity index (χ0n) is 8.18. The highest BCUT2D eigenvalue weighted by Crippen LogP contribution is 2.21. The van der Waals surface area contributed by atoms with Gasteiger partial charge in [-0.2, -0.15) is 11.8 Å². The molecule has 0 bridgehead atoms. The third-order valence-electron chi connectivity index (χ3n) is 2.21. The minimum atomic E-state index is 0.494. The van der Waals surface area contributed by atoms with Gasteiger partial charge in [0.25, 0.3) is 0 Å². The van der Waals surface area contributed by atoms with Crippen LogP contribution in [0.5, 0.6) is 0 Å². The average Bonchev–Trinajstić information content (AvgIpc) is 2.18. The Balaban J connectivity index is 2.14. The molecule has 1 fully saturated rings. The lowest BCUT2D eigenvalue weighted by Gasteiger charge is -2.31. The van der Waals surface area contributed by atoms with Crippen molar-refractivity contribution in [1.82, 2.24) is 9.97 Å². The quantitative estimate of drug-likeness (QED) is 0.749. The molecule has 14 heavy (non-hydrogen) atoms. The Morgan fingerprint density at radius 3 is 3.14 bits per heavy atom. The molecule has 2 rings (SSSR count). The van der Waals surface area contributed by atoms with Crippen molar-refractivity contribution in [2.45, 2.75) is 12.2 Å². The fourth-order valence-corrected chi connectivity index (χ4v) is 2.56. The van der Waals surface area contributed by atoms with Gasteiger partial charge in [-0.15, -0.1) is 0 Å². The van der Waals surface area contributed by atoms with E-state index in [9.17, 15) is 0 Å². The van der Waals surface area contributed by atoms with E-state index in [0.29, 0.717) is 11.1 Å². The Morgan fingerprint density at radius 1 is 1.57 bits per heavy atom. The van der Waals surface area contributed by atoms with Crippen LogP contribution in [0, 0.1) is 0 Å². The summed E-state index contributed by atoms with van der Waals surface area (Å²) in [5.74, 6) is 2.54. The van der Waals surface area contributed by atoms with E-state index < -0.39 is 0 Å². The molecule has 2 heterocycles. The van der Waals surface area contributed by atoms with Crippen LogP contribution in [0.4, 0.5) is 11.6 Å². The summed E-state index contributed by atoms with van der Waals surface area (Å²) in [5.41, 5.74) is 5.59. The molecular formula is C9H14N4S. The molecule has 0 aromatic carbocycles. The van der Waals surface area contributed by atoms with Crippen LogP contribution in [0.1, 0.15) is 6.92 Å². The molecule has 1 aromatic rings. The predicted molar refractivity (Wildman–Crippen MR) is 60.6 cm³/mol. The number of hydrogen-bond acceptors (Lipinski definition) is 5. The normalized spacial score (nSPS) is 22.4. The second kappa shape index (κ2) is 4.04. The minimum Gasteiger partial charge on any atom is -0.382 e. The first-order valence-corrected chi connectivity index (χ1v) is 5.74. The number of nitrogens with zero attached hydrogens (tertiary/aromatic N) is 3. The van der Waals surface area contributed by atoms with E-state index in [-0.39, 0.29) is 0 Å². The summed E-state index contributed by atoms with van der Waals surface area (Å²) < 4.78 is 0. The van der Waals surface area contributed by atoms with E-state index in [2.05, 4.69) is 21.8 Å². The molecule has 0 spiro atoms. The molecule has 0 saturated carbocycles. The van der Waals surface area contributed by atoms with Gasteiger partial charge in [-0.1, -0.05) is 6.92 Å². The van der Waals surface area contributed by atoms with Crippen LogP contribution in [0.3, 0.4) is 0 Å². The summed E-state index contributed by atoms with van der Waals surface area (Å²) >= 11 is 2.00. The zero-order valence-corrected chi connectivity index (χ0v) is 9.00. The Kier molecular flexibility index (Phi) is 2.77. The topological polar surface area (TPSA) is 55.0 Å². The maximum atomic E-state index is 5.59. The van der Waals surface area contributed by atoms with E-state index in [0.717, 1.165) is 24.7 Å². The Hall–Kier alpha value is -0.970. The molecule has 76 valence electrons. The SMILES string of the molecule is CC1CN(c2cncc(N)n2)CCS1. The van der Waals surface area contributed by atoms with Gasteiger partial charge < -0.3 is 10.6 Å². The highest BCUT2D eigenvalue weighted by molar-refractivity contribution is 8.00. The Morgan fingerprint density at radius 2 is 2.43 bits per heavy atom. The first kappa shape index (κ1) is 9.58. The van der Waals surface area contributed by atoms with E-state index in [1.54, 1.807) is 12.4 Å². The predicted octanol–water partition coefficient (Wildman–Crippen LogP) is 1.00. The van der Waals surface area contributed by atoms with Crippen LogP contribution in [0.25, 0.3) is 0 Å². The second-order valence-electron chi connectivity index (χ2n) is 3.43. The highest BCUT2D eigenvalue weighted by atomic mass is 32.2. The molecule has 1 saturated heterocycles. The maximum Gasteiger partial charge on any atom is 0.149 e. The summed E-state index contributed by atoms with van der Waals surface area (Å²) in [6.07, 6.45) is 3.35. The molecule has 1 aromatic heterocycles. The van der Waals surface area contributed by atoms with Gasteiger partial charge in [0.15, 0.2) is 0 Å². The van der Waals surface area contributed by atoms with Gasteiger partial charge in [-0.3, -0.25) is 4.98 Å². The molecule has 4 nitrogen and oxygen atoms in total. The van der Waals surface area contributed by atoms with Crippen LogP contribution in [0.15, 0.2) is 12.4 Å². The summed E-state index contributed by atoms with van der Waals surface area (Å²) in [5, 5.41) is 0.659. The highest BCUT2D eigenvalue weighted by Gasteiger charge is 2.17. The van der Waals surface area contributed by atoms with E-state index in [1.807, 2.05) is 11.8 Å². The van der Waals surface area contributed by atoms with E-state index in [1.165, 1.54) is 0 Å². The summed E-state index contributed by atoms with van der Waals surface area (Å²) in [4.78, 5) is 10.6. The van der Waals surface area contributed by atoms with Gasteiger partial charge in [-0.25, -0.2) is 4.98 Å². The third-order valence-corrected chi connectivity index (χ3v) is 3.34. The maximum absolute atomic E-state index is 5.59. The van der Waals surface area contributed by atoms with Crippen molar-refractivity contribution in [2.24, 2.45) is 0 Å². The van der Waals surface area contributed by atoms with Crippen molar-refractivity contribution in [2.75, 3.05) is 29.5 Å². The number of hydrogen-bond donors (Lipinski definition) is 1. The third kappa shape index (κ3) is 2.09. The molecule has 5 heteroatoms. The summed E-state index contributed by atoms with van der Waals surface area (Å²) in [7, 11) is 0. The average molecular weight is 210 g/mol. The summed E-state index contributed by atoms with van der Waals surface area (Å²) in [6, 6.07) is 0. The number of nitrogens with two attached hydrogens (primary N) is 1. The first-order chi connectivity index (χ1) is 6.75. The molecular weight excluding hydrogens is 196 g/mol.